The number of thiazole rings is 1. The highest BCUT2D eigenvalue weighted by molar-refractivity contribution is 8.01. The number of hydrogen-bond acceptors (Lipinski definition) is 4. The molecular formula is C10H12ClNOS2. The molecule has 2 rings (SSSR count). The van der Waals surface area contributed by atoms with Gasteiger partial charge in [0.2, 0.25) is 0 Å². The minimum atomic E-state index is 0.351. The fourth-order valence-electron chi connectivity index (χ4n) is 1.79. The Bertz CT molecular complexity index is 347. The van der Waals surface area contributed by atoms with Gasteiger partial charge in [-0.3, -0.25) is 4.79 Å². The van der Waals surface area contributed by atoms with Gasteiger partial charge in [-0.15, -0.1) is 11.3 Å². The number of halogens is 1. The Morgan fingerprint density at radius 1 is 1.53 bits per heavy atom. The van der Waals surface area contributed by atoms with Crippen molar-refractivity contribution in [2.45, 2.75) is 30.0 Å². The molecule has 5 heteroatoms. The van der Waals surface area contributed by atoms with E-state index < -0.39 is 0 Å². The van der Waals surface area contributed by atoms with Crippen molar-refractivity contribution < 1.29 is 4.79 Å². The fourth-order valence-corrected chi connectivity index (χ4v) is 4.22. The normalized spacial score (nSPS) is 17.1. The van der Waals surface area contributed by atoms with Gasteiger partial charge < -0.3 is 0 Å². The summed E-state index contributed by atoms with van der Waals surface area (Å²) in [6.45, 7) is 0. The Hall–Kier alpha value is -0.0600. The van der Waals surface area contributed by atoms with Crippen LogP contribution in [0.1, 0.15) is 35.4 Å². The molecule has 0 aromatic carbocycles. The molecule has 0 amide bonds. The summed E-state index contributed by atoms with van der Waals surface area (Å²) < 4.78 is 0.925. The second-order valence-electron chi connectivity index (χ2n) is 3.71. The predicted molar refractivity (Wildman–Crippen MR) is 65.2 cm³/mol. The largest absolute Gasteiger partial charge is 0.297 e. The lowest BCUT2D eigenvalue weighted by Gasteiger charge is -2.05. The lowest BCUT2D eigenvalue weighted by molar-refractivity contribution is 0.112. The number of aromatic nitrogens is 1. The van der Waals surface area contributed by atoms with E-state index in [2.05, 4.69) is 4.98 Å². The summed E-state index contributed by atoms with van der Waals surface area (Å²) in [5.41, 5.74) is 0. The van der Waals surface area contributed by atoms with Crippen LogP contribution in [-0.2, 0) is 0 Å². The van der Waals surface area contributed by atoms with E-state index in [1.165, 1.54) is 37.0 Å². The number of rotatable bonds is 4. The highest BCUT2D eigenvalue weighted by atomic mass is 35.5. The van der Waals surface area contributed by atoms with Gasteiger partial charge in [0.05, 0.1) is 0 Å². The molecule has 1 fully saturated rings. The topological polar surface area (TPSA) is 30.0 Å². The summed E-state index contributed by atoms with van der Waals surface area (Å²) in [5.74, 6) is 1.94. The summed E-state index contributed by atoms with van der Waals surface area (Å²) >= 11 is 8.92. The molecule has 0 aliphatic heterocycles. The minimum absolute atomic E-state index is 0.351. The first kappa shape index (κ1) is 11.4. The third-order valence-electron chi connectivity index (χ3n) is 2.61. The number of hydrogen-bond donors (Lipinski definition) is 0. The molecule has 0 unspecified atom stereocenters. The third-order valence-corrected chi connectivity index (χ3v) is 5.37. The zero-order chi connectivity index (χ0) is 10.7. The minimum Gasteiger partial charge on any atom is -0.297 e. The first-order valence-corrected chi connectivity index (χ1v) is 7.22. The lowest BCUT2D eigenvalue weighted by Crippen LogP contribution is -1.95. The van der Waals surface area contributed by atoms with E-state index in [0.29, 0.717) is 10.0 Å². The van der Waals surface area contributed by atoms with Crippen LogP contribution < -0.4 is 0 Å². The molecule has 2 nitrogen and oxygen atoms in total. The second-order valence-corrected chi connectivity index (χ2v) is 6.37. The average molecular weight is 262 g/mol. The SMILES string of the molecule is O=Cc1sc(SCC2CCCC2)nc1Cl. The van der Waals surface area contributed by atoms with Crippen LogP contribution in [0, 0.1) is 5.92 Å². The van der Waals surface area contributed by atoms with Crippen LogP contribution in [0.25, 0.3) is 0 Å². The van der Waals surface area contributed by atoms with Crippen LogP contribution in [0.5, 0.6) is 0 Å². The molecule has 82 valence electrons. The Morgan fingerprint density at radius 3 is 2.87 bits per heavy atom. The fraction of sp³-hybridized carbons (Fsp3) is 0.600. The lowest BCUT2D eigenvalue weighted by atomic mass is 10.1. The van der Waals surface area contributed by atoms with E-state index in [4.69, 9.17) is 11.6 Å². The van der Waals surface area contributed by atoms with Gasteiger partial charge in [0.1, 0.15) is 4.88 Å². The highest BCUT2D eigenvalue weighted by Gasteiger charge is 2.16. The highest BCUT2D eigenvalue weighted by Crippen LogP contribution is 2.34. The quantitative estimate of drug-likeness (QED) is 0.608. The molecule has 0 saturated heterocycles. The molecule has 0 bridgehead atoms. The van der Waals surface area contributed by atoms with Crippen LogP contribution in [0.4, 0.5) is 0 Å². The van der Waals surface area contributed by atoms with Gasteiger partial charge in [0, 0.05) is 5.75 Å². The van der Waals surface area contributed by atoms with E-state index in [0.717, 1.165) is 22.3 Å². The zero-order valence-electron chi connectivity index (χ0n) is 8.24. The van der Waals surface area contributed by atoms with Gasteiger partial charge in [0.25, 0.3) is 0 Å². The zero-order valence-corrected chi connectivity index (χ0v) is 10.6. The first-order chi connectivity index (χ1) is 7.29. The summed E-state index contributed by atoms with van der Waals surface area (Å²) in [6.07, 6.45) is 6.19. The summed E-state index contributed by atoms with van der Waals surface area (Å²) in [5, 5.41) is 0.351. The maximum atomic E-state index is 10.6. The number of nitrogens with zero attached hydrogens (tertiary/aromatic N) is 1. The molecule has 1 aliphatic rings. The molecular weight excluding hydrogens is 250 g/mol. The molecule has 0 radical (unpaired) electrons. The Kier molecular flexibility index (Phi) is 4.05. The smallest absolute Gasteiger partial charge is 0.163 e. The van der Waals surface area contributed by atoms with Crippen LogP contribution in [0.3, 0.4) is 0 Å². The van der Waals surface area contributed by atoms with Crippen LogP contribution in [-0.4, -0.2) is 17.0 Å². The molecule has 15 heavy (non-hydrogen) atoms. The molecule has 0 atom stereocenters. The monoisotopic (exact) mass is 261 g/mol. The Morgan fingerprint density at radius 2 is 2.27 bits per heavy atom. The number of aldehydes is 1. The molecule has 0 N–H and O–H groups in total. The van der Waals surface area contributed by atoms with E-state index in [9.17, 15) is 4.79 Å². The van der Waals surface area contributed by atoms with Crippen molar-refractivity contribution in [2.75, 3.05) is 5.75 Å². The number of carbonyl (C=O) groups is 1. The average Bonchev–Trinajstić information content (AvgIpc) is 2.83. The molecule has 1 aromatic rings. The Labute approximate surface area is 102 Å². The van der Waals surface area contributed by atoms with Crippen molar-refractivity contribution in [2.24, 2.45) is 5.92 Å². The third kappa shape index (κ3) is 2.95. The van der Waals surface area contributed by atoms with Crippen LogP contribution >= 0.6 is 34.7 Å². The summed E-state index contributed by atoms with van der Waals surface area (Å²) in [7, 11) is 0. The summed E-state index contributed by atoms with van der Waals surface area (Å²) in [6, 6.07) is 0. The van der Waals surface area contributed by atoms with Crippen LogP contribution in [0.15, 0.2) is 4.34 Å². The molecule has 1 aromatic heterocycles. The van der Waals surface area contributed by atoms with E-state index >= 15 is 0 Å². The van der Waals surface area contributed by atoms with Gasteiger partial charge >= 0.3 is 0 Å². The first-order valence-electron chi connectivity index (χ1n) is 5.04. The molecule has 1 heterocycles. The number of carbonyl (C=O) groups excluding carboxylic acids is 1. The van der Waals surface area contributed by atoms with Gasteiger partial charge in [-0.1, -0.05) is 36.2 Å². The van der Waals surface area contributed by atoms with Gasteiger partial charge in [0.15, 0.2) is 15.8 Å². The van der Waals surface area contributed by atoms with Gasteiger partial charge in [-0.2, -0.15) is 0 Å². The summed E-state index contributed by atoms with van der Waals surface area (Å²) in [4.78, 5) is 15.3. The van der Waals surface area contributed by atoms with Crippen molar-refractivity contribution >= 4 is 41.0 Å². The number of thioether (sulfide) groups is 1. The maximum Gasteiger partial charge on any atom is 0.163 e. The standard InChI is InChI=1S/C10H12ClNOS2/c11-9-8(5-13)15-10(12-9)14-6-7-3-1-2-4-7/h5,7H,1-4,6H2. The van der Waals surface area contributed by atoms with Gasteiger partial charge in [-0.25, -0.2) is 4.98 Å². The van der Waals surface area contributed by atoms with Crippen molar-refractivity contribution in [3.05, 3.63) is 10.0 Å². The van der Waals surface area contributed by atoms with Crippen molar-refractivity contribution in [1.29, 1.82) is 0 Å². The Balaban J connectivity index is 1.89. The second kappa shape index (κ2) is 5.32. The van der Waals surface area contributed by atoms with Crippen molar-refractivity contribution in [1.82, 2.24) is 4.98 Å². The van der Waals surface area contributed by atoms with Gasteiger partial charge in [-0.05, 0) is 18.8 Å². The van der Waals surface area contributed by atoms with E-state index in [1.807, 2.05) is 0 Å². The predicted octanol–water partition coefficient (Wildman–Crippen LogP) is 3.89. The van der Waals surface area contributed by atoms with Crippen molar-refractivity contribution in [3.8, 4) is 0 Å². The molecule has 1 saturated carbocycles. The molecule has 0 spiro atoms. The maximum absolute atomic E-state index is 10.6. The van der Waals surface area contributed by atoms with Crippen molar-refractivity contribution in [3.63, 3.8) is 0 Å². The van der Waals surface area contributed by atoms with E-state index in [-0.39, 0.29) is 0 Å². The van der Waals surface area contributed by atoms with Crippen LogP contribution in [0.2, 0.25) is 5.15 Å². The van der Waals surface area contributed by atoms with E-state index in [1.54, 1.807) is 11.8 Å². The molecule has 1 aliphatic carbocycles.